The van der Waals surface area contributed by atoms with Gasteiger partial charge in [0, 0.05) is 31.5 Å². The fourth-order valence-corrected chi connectivity index (χ4v) is 4.86. The van der Waals surface area contributed by atoms with E-state index in [1.54, 1.807) is 6.92 Å². The summed E-state index contributed by atoms with van der Waals surface area (Å²) in [6, 6.07) is 2.25. The molecule has 1 aliphatic heterocycles. The standard InChI is InChI=1S/C27H37F3N6O/c1-3-4-24(27(28,29)30)34-26-32-17-22(25(35-26)33-20-6-8-21(37)9-7-20)23-10-5-19(16-31-23)15-18-11-13-36(2)14-12-18/h5,10,15-17,20-21,24,37H,3-4,6-9,11-14H2,1-2H3,(H2,32,33,34,35)/t20?,21?,24-/m1/s1. The number of nitrogens with zero attached hydrogens (tertiary/aromatic N) is 4. The van der Waals surface area contributed by atoms with Gasteiger partial charge in [-0.15, -0.1) is 0 Å². The second-order valence-electron chi connectivity index (χ2n) is 10.2. The van der Waals surface area contributed by atoms with E-state index in [4.69, 9.17) is 0 Å². The Morgan fingerprint density at radius 3 is 2.46 bits per heavy atom. The number of pyridine rings is 1. The fraction of sp³-hybridized carbons (Fsp3) is 0.593. The molecule has 3 N–H and O–H groups in total. The molecule has 2 fully saturated rings. The average molecular weight is 519 g/mol. The zero-order valence-electron chi connectivity index (χ0n) is 21.6. The number of aliphatic hydroxyl groups is 1. The Hall–Kier alpha value is -2.72. The predicted molar refractivity (Wildman–Crippen MR) is 140 cm³/mol. The van der Waals surface area contributed by atoms with Crippen molar-refractivity contribution in [1.29, 1.82) is 0 Å². The van der Waals surface area contributed by atoms with Crippen molar-refractivity contribution in [3.05, 3.63) is 35.7 Å². The summed E-state index contributed by atoms with van der Waals surface area (Å²) in [5.41, 5.74) is 3.70. The summed E-state index contributed by atoms with van der Waals surface area (Å²) >= 11 is 0. The highest BCUT2D eigenvalue weighted by Gasteiger charge is 2.39. The highest BCUT2D eigenvalue weighted by Crippen LogP contribution is 2.31. The number of nitrogens with one attached hydrogen (secondary N) is 2. The molecule has 0 amide bonds. The van der Waals surface area contributed by atoms with Crippen LogP contribution in [0, 0.1) is 0 Å². The average Bonchev–Trinajstić information content (AvgIpc) is 2.87. The lowest BCUT2D eigenvalue weighted by atomic mass is 9.93. The van der Waals surface area contributed by atoms with Gasteiger partial charge in [0.2, 0.25) is 5.95 Å². The van der Waals surface area contributed by atoms with Crippen molar-refractivity contribution in [3.63, 3.8) is 0 Å². The molecule has 0 radical (unpaired) electrons. The Kier molecular flexibility index (Phi) is 9.02. The van der Waals surface area contributed by atoms with Crippen LogP contribution in [0.15, 0.2) is 30.1 Å². The van der Waals surface area contributed by atoms with Crippen molar-refractivity contribution in [1.82, 2.24) is 19.9 Å². The van der Waals surface area contributed by atoms with Crippen molar-refractivity contribution in [2.45, 2.75) is 82.7 Å². The normalized spacial score (nSPS) is 21.9. The third kappa shape index (κ3) is 7.64. The van der Waals surface area contributed by atoms with Crippen LogP contribution >= 0.6 is 0 Å². The summed E-state index contributed by atoms with van der Waals surface area (Å²) < 4.78 is 40.5. The maximum Gasteiger partial charge on any atom is 0.408 e. The molecule has 1 aliphatic carbocycles. The van der Waals surface area contributed by atoms with Crippen molar-refractivity contribution in [2.75, 3.05) is 30.8 Å². The molecule has 0 unspecified atom stereocenters. The van der Waals surface area contributed by atoms with E-state index >= 15 is 0 Å². The van der Waals surface area contributed by atoms with Crippen LogP contribution in [0.25, 0.3) is 17.3 Å². The van der Waals surface area contributed by atoms with E-state index < -0.39 is 12.2 Å². The highest BCUT2D eigenvalue weighted by molar-refractivity contribution is 5.73. The molecule has 2 aromatic heterocycles. The smallest absolute Gasteiger partial charge is 0.393 e. The lowest BCUT2D eigenvalue weighted by molar-refractivity contribution is -0.143. The second kappa shape index (κ2) is 12.2. The quantitative estimate of drug-likeness (QED) is 0.425. The Labute approximate surface area is 216 Å². The number of hydrogen-bond donors (Lipinski definition) is 3. The van der Waals surface area contributed by atoms with E-state index in [-0.39, 0.29) is 24.5 Å². The number of likely N-dealkylation sites (tertiary alicyclic amines) is 1. The summed E-state index contributed by atoms with van der Waals surface area (Å²) in [6.45, 7) is 3.82. The number of aliphatic hydroxyl groups excluding tert-OH is 1. The van der Waals surface area contributed by atoms with Crippen molar-refractivity contribution in [3.8, 4) is 11.3 Å². The first-order chi connectivity index (χ1) is 17.7. The van der Waals surface area contributed by atoms with Crippen LogP contribution in [0.4, 0.5) is 24.9 Å². The van der Waals surface area contributed by atoms with E-state index in [0.717, 1.165) is 44.3 Å². The first-order valence-electron chi connectivity index (χ1n) is 13.2. The van der Waals surface area contributed by atoms with Crippen molar-refractivity contribution < 1.29 is 18.3 Å². The van der Waals surface area contributed by atoms with Crippen molar-refractivity contribution in [2.24, 2.45) is 0 Å². The first-order valence-corrected chi connectivity index (χ1v) is 13.2. The van der Waals surface area contributed by atoms with Gasteiger partial charge in [-0.2, -0.15) is 18.2 Å². The first kappa shape index (κ1) is 27.3. The zero-order valence-corrected chi connectivity index (χ0v) is 21.6. The molecular formula is C27H37F3N6O. The Balaban J connectivity index is 1.58. The molecule has 0 spiro atoms. The van der Waals surface area contributed by atoms with Crippen LogP contribution in [0.3, 0.4) is 0 Å². The third-order valence-electron chi connectivity index (χ3n) is 7.16. The van der Waals surface area contributed by atoms with Gasteiger partial charge in [0.15, 0.2) is 0 Å². The fourth-order valence-electron chi connectivity index (χ4n) is 4.86. The lowest BCUT2D eigenvalue weighted by Crippen LogP contribution is -2.36. The second-order valence-corrected chi connectivity index (χ2v) is 10.2. The zero-order chi connectivity index (χ0) is 26.4. The molecule has 2 aromatic rings. The molecule has 7 nitrogen and oxygen atoms in total. The number of alkyl halides is 3. The summed E-state index contributed by atoms with van der Waals surface area (Å²) in [5, 5.41) is 15.7. The van der Waals surface area contributed by atoms with Crippen LogP contribution in [0.2, 0.25) is 0 Å². The molecule has 10 heteroatoms. The number of anilines is 2. The topological polar surface area (TPSA) is 86.2 Å². The van der Waals surface area contributed by atoms with E-state index in [1.165, 1.54) is 11.8 Å². The Bertz CT molecular complexity index is 1040. The Morgan fingerprint density at radius 1 is 1.11 bits per heavy atom. The summed E-state index contributed by atoms with van der Waals surface area (Å²) in [7, 11) is 2.13. The van der Waals surface area contributed by atoms with Gasteiger partial charge in [-0.3, -0.25) is 4.98 Å². The van der Waals surface area contributed by atoms with E-state index in [2.05, 4.69) is 43.6 Å². The Morgan fingerprint density at radius 2 is 1.84 bits per heavy atom. The monoisotopic (exact) mass is 518 g/mol. The molecule has 1 saturated carbocycles. The van der Waals surface area contributed by atoms with Crippen LogP contribution in [0.1, 0.15) is 63.9 Å². The molecule has 0 aromatic carbocycles. The van der Waals surface area contributed by atoms with E-state index in [9.17, 15) is 18.3 Å². The number of piperidine rings is 1. The third-order valence-corrected chi connectivity index (χ3v) is 7.16. The minimum absolute atomic E-state index is 0.0624. The molecule has 0 bridgehead atoms. The van der Waals surface area contributed by atoms with Gasteiger partial charge in [-0.05, 0) is 63.6 Å². The minimum atomic E-state index is -4.40. The molecule has 4 rings (SSSR count). The summed E-state index contributed by atoms with van der Waals surface area (Å²) in [6.07, 6.45) is 6.09. The largest absolute Gasteiger partial charge is 0.408 e. The van der Waals surface area contributed by atoms with E-state index in [0.29, 0.717) is 36.3 Å². The lowest BCUT2D eigenvalue weighted by Gasteiger charge is -2.27. The van der Waals surface area contributed by atoms with E-state index in [1.807, 2.05) is 18.3 Å². The minimum Gasteiger partial charge on any atom is -0.393 e. The van der Waals surface area contributed by atoms with Gasteiger partial charge in [0.1, 0.15) is 11.9 Å². The van der Waals surface area contributed by atoms with Crippen LogP contribution in [-0.4, -0.2) is 69.5 Å². The summed E-state index contributed by atoms with van der Waals surface area (Å²) in [5.74, 6) is 0.381. The number of hydrogen-bond acceptors (Lipinski definition) is 7. The van der Waals surface area contributed by atoms with Gasteiger partial charge < -0.3 is 20.6 Å². The van der Waals surface area contributed by atoms with Gasteiger partial charge >= 0.3 is 6.18 Å². The highest BCUT2D eigenvalue weighted by atomic mass is 19.4. The van der Waals surface area contributed by atoms with Crippen LogP contribution in [-0.2, 0) is 0 Å². The maximum absolute atomic E-state index is 13.5. The van der Waals surface area contributed by atoms with Gasteiger partial charge in [-0.1, -0.05) is 31.1 Å². The molecular weight excluding hydrogens is 481 g/mol. The predicted octanol–water partition coefficient (Wildman–Crippen LogP) is 5.51. The van der Waals surface area contributed by atoms with Crippen molar-refractivity contribution >= 4 is 17.8 Å². The SMILES string of the molecule is CCC[C@@H](Nc1ncc(-c2ccc(C=C3CCN(C)CC3)cn2)c(NC2CCC(O)CC2)n1)C(F)(F)F. The molecule has 202 valence electrons. The molecule has 2 aliphatic rings. The van der Waals surface area contributed by atoms with Gasteiger partial charge in [0.25, 0.3) is 0 Å². The van der Waals surface area contributed by atoms with Gasteiger partial charge in [-0.25, -0.2) is 4.98 Å². The van der Waals surface area contributed by atoms with Crippen LogP contribution in [0.5, 0.6) is 0 Å². The number of halogens is 3. The maximum atomic E-state index is 13.5. The number of rotatable bonds is 8. The van der Waals surface area contributed by atoms with Gasteiger partial charge in [0.05, 0.1) is 17.4 Å². The molecule has 3 heterocycles. The molecule has 1 saturated heterocycles. The number of aromatic nitrogens is 3. The molecule has 1 atom stereocenters. The molecule has 37 heavy (non-hydrogen) atoms. The summed E-state index contributed by atoms with van der Waals surface area (Å²) in [4.78, 5) is 15.6. The van der Waals surface area contributed by atoms with Crippen LogP contribution < -0.4 is 10.6 Å².